The van der Waals surface area contributed by atoms with Crippen LogP contribution in [0.25, 0.3) is 0 Å². The highest BCUT2D eigenvalue weighted by Crippen LogP contribution is 2.28. The first kappa shape index (κ1) is 12.1. The van der Waals surface area contributed by atoms with Crippen molar-refractivity contribution in [3.63, 3.8) is 0 Å². The zero-order chi connectivity index (χ0) is 12.0. The summed E-state index contributed by atoms with van der Waals surface area (Å²) in [5.74, 6) is -0.0328. The van der Waals surface area contributed by atoms with Crippen molar-refractivity contribution in [1.29, 1.82) is 0 Å². The molecule has 0 saturated carbocycles. The number of aromatic carboxylic acids is 1. The van der Waals surface area contributed by atoms with E-state index in [0.29, 0.717) is 24.5 Å². The summed E-state index contributed by atoms with van der Waals surface area (Å²) in [6.45, 7) is 4.02. The van der Waals surface area contributed by atoms with Gasteiger partial charge in [0.15, 0.2) is 11.5 Å². The van der Waals surface area contributed by atoms with E-state index in [4.69, 9.17) is 14.6 Å². The van der Waals surface area contributed by atoms with Crippen LogP contribution in [0.2, 0.25) is 0 Å². The molecule has 0 unspecified atom stereocenters. The second-order valence-corrected chi connectivity index (χ2v) is 3.10. The molecular formula is C12H14O4. The molecule has 1 N–H and O–H groups in total. The molecule has 0 radical (unpaired) electrons. The Morgan fingerprint density at radius 3 is 2.81 bits per heavy atom. The van der Waals surface area contributed by atoms with E-state index in [-0.39, 0.29) is 5.56 Å². The van der Waals surface area contributed by atoms with Gasteiger partial charge in [-0.05, 0) is 24.6 Å². The van der Waals surface area contributed by atoms with Gasteiger partial charge in [-0.2, -0.15) is 0 Å². The summed E-state index contributed by atoms with van der Waals surface area (Å²) >= 11 is 0. The van der Waals surface area contributed by atoms with Crippen LogP contribution in [0.15, 0.2) is 30.9 Å². The fourth-order valence-electron chi connectivity index (χ4n) is 1.17. The van der Waals surface area contributed by atoms with E-state index >= 15 is 0 Å². The van der Waals surface area contributed by atoms with E-state index < -0.39 is 5.97 Å². The Hall–Kier alpha value is -1.97. The number of hydrogen-bond acceptors (Lipinski definition) is 3. The van der Waals surface area contributed by atoms with Gasteiger partial charge in [0.1, 0.15) is 0 Å². The van der Waals surface area contributed by atoms with Gasteiger partial charge < -0.3 is 14.6 Å². The highest BCUT2D eigenvalue weighted by molar-refractivity contribution is 5.88. The summed E-state index contributed by atoms with van der Waals surface area (Å²) < 4.78 is 10.5. The second kappa shape index (κ2) is 5.80. The van der Waals surface area contributed by atoms with Crippen molar-refractivity contribution in [2.24, 2.45) is 0 Å². The second-order valence-electron chi connectivity index (χ2n) is 3.10. The summed E-state index contributed by atoms with van der Waals surface area (Å²) in [6, 6.07) is 4.50. The van der Waals surface area contributed by atoms with Crippen LogP contribution < -0.4 is 9.47 Å². The molecule has 0 fully saturated rings. The summed E-state index contributed by atoms with van der Waals surface area (Å²) in [4.78, 5) is 10.8. The quantitative estimate of drug-likeness (QED) is 0.593. The lowest BCUT2D eigenvalue weighted by molar-refractivity contribution is 0.0696. The van der Waals surface area contributed by atoms with Gasteiger partial charge in [-0.25, -0.2) is 4.79 Å². The van der Waals surface area contributed by atoms with Crippen molar-refractivity contribution in [3.05, 3.63) is 36.4 Å². The van der Waals surface area contributed by atoms with E-state index in [0.717, 1.165) is 0 Å². The van der Waals surface area contributed by atoms with Gasteiger partial charge in [-0.3, -0.25) is 0 Å². The molecule has 4 heteroatoms. The fraction of sp³-hybridized carbons (Fsp3) is 0.250. The summed E-state index contributed by atoms with van der Waals surface area (Å²) in [5, 5.41) is 8.83. The lowest BCUT2D eigenvalue weighted by Crippen LogP contribution is -2.01. The van der Waals surface area contributed by atoms with E-state index in [1.165, 1.54) is 19.2 Å². The number of carboxylic acids is 1. The van der Waals surface area contributed by atoms with Crippen LogP contribution in [0.4, 0.5) is 0 Å². The van der Waals surface area contributed by atoms with Crippen LogP contribution >= 0.6 is 0 Å². The first-order chi connectivity index (χ1) is 7.69. The number of methoxy groups -OCH3 is 1. The molecule has 4 nitrogen and oxygen atoms in total. The molecular weight excluding hydrogens is 208 g/mol. The average molecular weight is 222 g/mol. The van der Waals surface area contributed by atoms with Crippen molar-refractivity contribution in [2.75, 3.05) is 13.7 Å². The van der Waals surface area contributed by atoms with Crippen molar-refractivity contribution in [2.45, 2.75) is 6.42 Å². The molecule has 0 spiro atoms. The Morgan fingerprint density at radius 1 is 1.50 bits per heavy atom. The summed E-state index contributed by atoms with van der Waals surface area (Å²) in [5.41, 5.74) is 0.175. The molecule has 0 bridgehead atoms. The monoisotopic (exact) mass is 222 g/mol. The minimum Gasteiger partial charge on any atom is -0.493 e. The molecule has 1 aromatic carbocycles. The van der Waals surface area contributed by atoms with Gasteiger partial charge in [-0.1, -0.05) is 6.08 Å². The van der Waals surface area contributed by atoms with E-state index in [2.05, 4.69) is 6.58 Å². The van der Waals surface area contributed by atoms with Crippen molar-refractivity contribution in [1.82, 2.24) is 0 Å². The smallest absolute Gasteiger partial charge is 0.335 e. The minimum absolute atomic E-state index is 0.175. The van der Waals surface area contributed by atoms with Crippen LogP contribution in [0.1, 0.15) is 16.8 Å². The largest absolute Gasteiger partial charge is 0.493 e. The van der Waals surface area contributed by atoms with E-state index in [9.17, 15) is 4.79 Å². The standard InChI is InChI=1S/C12H14O4/c1-3-4-7-16-11-8-9(12(13)14)5-6-10(11)15-2/h3,5-6,8H,1,4,7H2,2H3,(H,13,14). The highest BCUT2D eigenvalue weighted by Gasteiger charge is 2.09. The molecule has 0 saturated heterocycles. The molecule has 1 aromatic rings. The number of carbonyl (C=O) groups is 1. The highest BCUT2D eigenvalue weighted by atomic mass is 16.5. The maximum Gasteiger partial charge on any atom is 0.335 e. The maximum absolute atomic E-state index is 10.8. The first-order valence-corrected chi connectivity index (χ1v) is 4.84. The zero-order valence-electron chi connectivity index (χ0n) is 9.10. The molecule has 0 heterocycles. The van der Waals surface area contributed by atoms with Crippen molar-refractivity contribution >= 4 is 5.97 Å². The number of hydrogen-bond donors (Lipinski definition) is 1. The third kappa shape index (κ3) is 3.02. The Balaban J connectivity index is 2.88. The number of ether oxygens (including phenoxy) is 2. The summed E-state index contributed by atoms with van der Waals surface area (Å²) in [7, 11) is 1.51. The number of benzene rings is 1. The van der Waals surface area contributed by atoms with E-state index in [1.807, 2.05) is 0 Å². The molecule has 16 heavy (non-hydrogen) atoms. The normalized spacial score (nSPS) is 9.56. The molecule has 1 rings (SSSR count). The number of carboxylic acid groups (broad SMARTS) is 1. The fourth-order valence-corrected chi connectivity index (χ4v) is 1.17. The van der Waals surface area contributed by atoms with Crippen LogP contribution in [-0.2, 0) is 0 Å². The third-order valence-corrected chi connectivity index (χ3v) is 1.99. The minimum atomic E-state index is -0.990. The van der Waals surface area contributed by atoms with Crippen LogP contribution in [0, 0.1) is 0 Å². The van der Waals surface area contributed by atoms with Crippen molar-refractivity contribution in [3.8, 4) is 11.5 Å². The van der Waals surface area contributed by atoms with Gasteiger partial charge in [0, 0.05) is 0 Å². The van der Waals surface area contributed by atoms with Crippen LogP contribution in [-0.4, -0.2) is 24.8 Å². The lowest BCUT2D eigenvalue weighted by atomic mass is 10.2. The Bertz CT molecular complexity index is 385. The van der Waals surface area contributed by atoms with Gasteiger partial charge in [-0.15, -0.1) is 6.58 Å². The molecule has 0 aliphatic heterocycles. The molecule has 0 aromatic heterocycles. The lowest BCUT2D eigenvalue weighted by Gasteiger charge is -2.10. The van der Waals surface area contributed by atoms with Crippen LogP contribution in [0.3, 0.4) is 0 Å². The average Bonchev–Trinajstić information content (AvgIpc) is 2.29. The van der Waals surface area contributed by atoms with E-state index in [1.54, 1.807) is 12.1 Å². The Morgan fingerprint density at radius 2 is 2.25 bits per heavy atom. The third-order valence-electron chi connectivity index (χ3n) is 1.99. The Kier molecular flexibility index (Phi) is 4.39. The molecule has 86 valence electrons. The van der Waals surface area contributed by atoms with Gasteiger partial charge in [0.05, 0.1) is 19.3 Å². The Labute approximate surface area is 94.1 Å². The molecule has 0 aliphatic rings. The molecule has 0 amide bonds. The molecule has 0 aliphatic carbocycles. The zero-order valence-corrected chi connectivity index (χ0v) is 9.10. The topological polar surface area (TPSA) is 55.8 Å². The predicted molar refractivity (Wildman–Crippen MR) is 60.3 cm³/mol. The predicted octanol–water partition coefficient (Wildman–Crippen LogP) is 2.35. The summed E-state index contributed by atoms with van der Waals surface area (Å²) in [6.07, 6.45) is 2.42. The van der Waals surface area contributed by atoms with Crippen LogP contribution in [0.5, 0.6) is 11.5 Å². The van der Waals surface area contributed by atoms with Gasteiger partial charge in [0.2, 0.25) is 0 Å². The number of rotatable bonds is 6. The van der Waals surface area contributed by atoms with Gasteiger partial charge >= 0.3 is 5.97 Å². The van der Waals surface area contributed by atoms with Crippen molar-refractivity contribution < 1.29 is 19.4 Å². The maximum atomic E-state index is 10.8. The first-order valence-electron chi connectivity index (χ1n) is 4.84. The molecule has 0 atom stereocenters. The van der Waals surface area contributed by atoms with Gasteiger partial charge in [0.25, 0.3) is 0 Å². The SMILES string of the molecule is C=CCCOc1cc(C(=O)O)ccc1OC.